The molecule has 0 aromatic carbocycles. The van der Waals surface area contributed by atoms with Gasteiger partial charge in [-0.3, -0.25) is 10.4 Å². The van der Waals surface area contributed by atoms with Crippen LogP contribution in [0.4, 0.5) is 0 Å². The predicted molar refractivity (Wildman–Crippen MR) is 74.4 cm³/mol. The lowest BCUT2D eigenvalue weighted by molar-refractivity contribution is 0.109. The number of nitrogens with two attached hydrogens (primary N) is 1. The van der Waals surface area contributed by atoms with Gasteiger partial charge in [0.25, 0.3) is 0 Å². The van der Waals surface area contributed by atoms with E-state index in [1.165, 1.54) is 0 Å². The Morgan fingerprint density at radius 2 is 2.00 bits per heavy atom. The van der Waals surface area contributed by atoms with Gasteiger partial charge in [-0.15, -0.1) is 0 Å². The molecule has 1 unspecified atom stereocenters. The Hall–Kier alpha value is -0.850. The molecular formula is C12H28N4O2. The highest BCUT2D eigenvalue weighted by Gasteiger charge is 2.03. The number of hydrazine groups is 1. The summed E-state index contributed by atoms with van der Waals surface area (Å²) in [4.78, 5) is 4.31. The van der Waals surface area contributed by atoms with E-state index in [1.807, 2.05) is 6.92 Å². The average molecular weight is 260 g/mol. The van der Waals surface area contributed by atoms with Gasteiger partial charge in [0.2, 0.25) is 5.96 Å². The van der Waals surface area contributed by atoms with Crippen LogP contribution in [0.5, 0.6) is 0 Å². The van der Waals surface area contributed by atoms with E-state index in [0.29, 0.717) is 25.0 Å². The number of nitrogens with one attached hydrogen (secondary N) is 2. The fourth-order valence-electron chi connectivity index (χ4n) is 1.33. The average Bonchev–Trinajstić information content (AvgIpc) is 2.31. The molecule has 0 amide bonds. The van der Waals surface area contributed by atoms with Gasteiger partial charge in [0.1, 0.15) is 0 Å². The second kappa shape index (κ2) is 11.3. The number of guanidine groups is 1. The molecule has 0 radical (unpaired) electrons. The number of nitrogens with zero attached hydrogens (tertiary/aromatic N) is 1. The zero-order valence-corrected chi connectivity index (χ0v) is 12.0. The number of rotatable bonds is 9. The highest BCUT2D eigenvalue weighted by atomic mass is 16.5. The van der Waals surface area contributed by atoms with Crippen LogP contribution >= 0.6 is 0 Å². The zero-order chi connectivity index (χ0) is 13.8. The minimum atomic E-state index is 0.169. The molecule has 0 saturated heterocycles. The molecule has 0 fully saturated rings. The Kier molecular flexibility index (Phi) is 10.7. The topological polar surface area (TPSA) is 80.9 Å². The summed E-state index contributed by atoms with van der Waals surface area (Å²) in [5.41, 5.74) is 2.54. The predicted octanol–water partition coefficient (Wildman–Crippen LogP) is 0.493. The van der Waals surface area contributed by atoms with Gasteiger partial charge in [0, 0.05) is 32.9 Å². The minimum absolute atomic E-state index is 0.169. The van der Waals surface area contributed by atoms with Crippen molar-refractivity contribution in [1.29, 1.82) is 0 Å². The first-order chi connectivity index (χ1) is 8.60. The van der Waals surface area contributed by atoms with Crippen molar-refractivity contribution in [3.8, 4) is 0 Å². The molecule has 0 aromatic rings. The van der Waals surface area contributed by atoms with Gasteiger partial charge in [-0.1, -0.05) is 13.8 Å². The van der Waals surface area contributed by atoms with Gasteiger partial charge in [-0.25, -0.2) is 5.84 Å². The summed E-state index contributed by atoms with van der Waals surface area (Å²) >= 11 is 0. The third-order valence-corrected chi connectivity index (χ3v) is 2.10. The molecule has 0 bridgehead atoms. The fraction of sp³-hybridized carbons (Fsp3) is 0.917. The van der Waals surface area contributed by atoms with E-state index in [4.69, 9.17) is 15.3 Å². The van der Waals surface area contributed by atoms with Crippen molar-refractivity contribution in [2.45, 2.75) is 33.2 Å². The molecule has 0 heterocycles. The van der Waals surface area contributed by atoms with Crippen LogP contribution in [0.2, 0.25) is 0 Å². The molecule has 0 aliphatic carbocycles. The maximum atomic E-state index is 5.47. The van der Waals surface area contributed by atoms with Crippen molar-refractivity contribution in [1.82, 2.24) is 10.7 Å². The van der Waals surface area contributed by atoms with Crippen LogP contribution in [-0.2, 0) is 9.47 Å². The van der Waals surface area contributed by atoms with E-state index in [0.717, 1.165) is 19.6 Å². The minimum Gasteiger partial charge on any atom is -0.383 e. The molecule has 0 saturated carbocycles. The van der Waals surface area contributed by atoms with Crippen molar-refractivity contribution in [3.63, 3.8) is 0 Å². The highest BCUT2D eigenvalue weighted by Crippen LogP contribution is 1.93. The monoisotopic (exact) mass is 260 g/mol. The largest absolute Gasteiger partial charge is 0.383 e. The van der Waals surface area contributed by atoms with Crippen LogP contribution in [0.15, 0.2) is 4.99 Å². The molecule has 0 aromatic heterocycles. The maximum absolute atomic E-state index is 5.47. The summed E-state index contributed by atoms with van der Waals surface area (Å²) in [6, 6.07) is 0.169. The van der Waals surface area contributed by atoms with E-state index < -0.39 is 0 Å². The van der Waals surface area contributed by atoms with Gasteiger partial charge in [-0.05, 0) is 19.3 Å². The Bertz CT molecular complexity index is 222. The lowest BCUT2D eigenvalue weighted by atomic mass is 10.2. The van der Waals surface area contributed by atoms with E-state index in [1.54, 1.807) is 7.11 Å². The summed E-state index contributed by atoms with van der Waals surface area (Å²) in [6.07, 6.45) is 0.887. The number of aliphatic imine (C=N–C) groups is 1. The highest BCUT2D eigenvalue weighted by molar-refractivity contribution is 5.79. The smallest absolute Gasteiger partial charge is 0.206 e. The van der Waals surface area contributed by atoms with Crippen LogP contribution in [-0.4, -0.2) is 45.5 Å². The van der Waals surface area contributed by atoms with Gasteiger partial charge >= 0.3 is 0 Å². The van der Waals surface area contributed by atoms with Crippen LogP contribution in [0, 0.1) is 5.92 Å². The van der Waals surface area contributed by atoms with Crippen LogP contribution < -0.4 is 16.6 Å². The molecule has 6 heteroatoms. The summed E-state index contributed by atoms with van der Waals surface area (Å²) in [5, 5.41) is 3.12. The molecule has 4 N–H and O–H groups in total. The fourth-order valence-corrected chi connectivity index (χ4v) is 1.33. The second-order valence-electron chi connectivity index (χ2n) is 4.70. The third kappa shape index (κ3) is 10.3. The Balaban J connectivity index is 3.70. The van der Waals surface area contributed by atoms with Crippen molar-refractivity contribution >= 4 is 5.96 Å². The summed E-state index contributed by atoms with van der Waals surface area (Å²) in [7, 11) is 1.66. The number of hydrogen-bond acceptors (Lipinski definition) is 4. The molecule has 1 atom stereocenters. The van der Waals surface area contributed by atoms with Gasteiger partial charge in [0.15, 0.2) is 0 Å². The molecular weight excluding hydrogens is 232 g/mol. The van der Waals surface area contributed by atoms with Crippen molar-refractivity contribution in [3.05, 3.63) is 0 Å². The van der Waals surface area contributed by atoms with Gasteiger partial charge in [0.05, 0.1) is 6.61 Å². The molecule has 0 aliphatic heterocycles. The summed E-state index contributed by atoms with van der Waals surface area (Å²) in [6.45, 7) is 9.10. The SMILES string of the molecule is COCC(C)NC(=NCCCOCC(C)C)NN. The number of methoxy groups -OCH3 is 1. The maximum Gasteiger partial charge on any atom is 0.206 e. The molecule has 0 rings (SSSR count). The zero-order valence-electron chi connectivity index (χ0n) is 12.0. The lowest BCUT2D eigenvalue weighted by Crippen LogP contribution is -2.46. The first-order valence-electron chi connectivity index (χ1n) is 6.44. The van der Waals surface area contributed by atoms with E-state index in [9.17, 15) is 0 Å². The normalized spacial score (nSPS) is 13.8. The third-order valence-electron chi connectivity index (χ3n) is 2.10. The Morgan fingerprint density at radius 3 is 2.56 bits per heavy atom. The first-order valence-corrected chi connectivity index (χ1v) is 6.44. The van der Waals surface area contributed by atoms with E-state index in [2.05, 4.69) is 29.6 Å². The lowest BCUT2D eigenvalue weighted by Gasteiger charge is -2.15. The Morgan fingerprint density at radius 1 is 1.28 bits per heavy atom. The second-order valence-corrected chi connectivity index (χ2v) is 4.70. The molecule has 18 heavy (non-hydrogen) atoms. The van der Waals surface area contributed by atoms with E-state index in [-0.39, 0.29) is 6.04 Å². The quantitative estimate of drug-likeness (QED) is 0.185. The number of hydrogen-bond donors (Lipinski definition) is 3. The molecule has 108 valence electrons. The van der Waals surface area contributed by atoms with Crippen molar-refractivity contribution in [2.24, 2.45) is 16.8 Å². The summed E-state index contributed by atoms with van der Waals surface area (Å²) in [5.74, 6) is 6.54. The van der Waals surface area contributed by atoms with Gasteiger partial charge < -0.3 is 14.8 Å². The van der Waals surface area contributed by atoms with Crippen LogP contribution in [0.1, 0.15) is 27.2 Å². The first kappa shape index (κ1) is 17.2. The molecule has 0 aliphatic rings. The van der Waals surface area contributed by atoms with Crippen molar-refractivity contribution in [2.75, 3.05) is 33.5 Å². The van der Waals surface area contributed by atoms with Crippen LogP contribution in [0.25, 0.3) is 0 Å². The standard InChI is InChI=1S/C12H28N4O2/c1-10(2)8-18-7-5-6-14-12(16-13)15-11(3)9-17-4/h10-11H,5-9,13H2,1-4H3,(H2,14,15,16). The van der Waals surface area contributed by atoms with Crippen molar-refractivity contribution < 1.29 is 9.47 Å². The Labute approximate surface area is 110 Å². The number of ether oxygens (including phenoxy) is 2. The van der Waals surface area contributed by atoms with Crippen LogP contribution in [0.3, 0.4) is 0 Å². The van der Waals surface area contributed by atoms with Gasteiger partial charge in [-0.2, -0.15) is 0 Å². The van der Waals surface area contributed by atoms with E-state index >= 15 is 0 Å². The molecule has 6 nitrogen and oxygen atoms in total. The molecule has 0 spiro atoms. The summed E-state index contributed by atoms with van der Waals surface area (Å²) < 4.78 is 10.5.